The van der Waals surface area contributed by atoms with Crippen LogP contribution in [0.4, 0.5) is 5.13 Å². The van der Waals surface area contributed by atoms with Crippen LogP contribution in [0.15, 0.2) is 28.5 Å². The summed E-state index contributed by atoms with van der Waals surface area (Å²) in [6, 6.07) is 3.97. The first-order valence-corrected chi connectivity index (χ1v) is 11.6. The van der Waals surface area contributed by atoms with Crippen molar-refractivity contribution < 1.29 is 0 Å². The first kappa shape index (κ1) is 18.9. The second-order valence-corrected chi connectivity index (χ2v) is 9.72. The number of nitrogens with one attached hydrogen (secondary N) is 1. The number of H-pyrrole nitrogens is 1. The maximum atomic E-state index is 12.7. The Hall–Kier alpha value is -2.07. The Labute approximate surface area is 177 Å². The molecular formula is C20H24N6OS2. The van der Waals surface area contributed by atoms with Gasteiger partial charge in [-0.2, -0.15) is 0 Å². The fraction of sp³-hybridized carbons (Fsp3) is 0.450. The van der Waals surface area contributed by atoms with Gasteiger partial charge < -0.3 is 14.8 Å². The molecule has 0 radical (unpaired) electrons. The standard InChI is InChI=1S/C20H24N6OS2/c1-24-6-8-26(9-7-24)20-21-11-14(29-20)12-25-5-4-16-15(13-25)19(27)23-18(22-16)17-3-2-10-28-17/h2-3,10-11H,4-9,12-13H2,1H3,(H,22,23,27). The SMILES string of the molecule is CN1CCN(c2ncc(CN3CCc4nc(-c5cccs5)[nH]c(=O)c4C3)s2)CC1. The lowest BCUT2D eigenvalue weighted by molar-refractivity contribution is 0.244. The zero-order valence-electron chi connectivity index (χ0n) is 16.4. The predicted octanol–water partition coefficient (Wildman–Crippen LogP) is 2.27. The van der Waals surface area contributed by atoms with Crippen molar-refractivity contribution >= 4 is 27.8 Å². The lowest BCUT2D eigenvalue weighted by atomic mass is 10.1. The van der Waals surface area contributed by atoms with E-state index in [0.29, 0.717) is 12.4 Å². The number of aromatic nitrogens is 3. The Kier molecular flexibility index (Phi) is 5.21. The summed E-state index contributed by atoms with van der Waals surface area (Å²) < 4.78 is 0. The van der Waals surface area contributed by atoms with E-state index < -0.39 is 0 Å². The Bertz CT molecular complexity index is 1040. The summed E-state index contributed by atoms with van der Waals surface area (Å²) in [7, 11) is 2.17. The Balaban J connectivity index is 1.28. The minimum absolute atomic E-state index is 0.00877. The zero-order valence-corrected chi connectivity index (χ0v) is 18.1. The van der Waals surface area contributed by atoms with Gasteiger partial charge in [0.1, 0.15) is 0 Å². The number of thiazole rings is 1. The largest absolute Gasteiger partial charge is 0.346 e. The van der Waals surface area contributed by atoms with Gasteiger partial charge in [-0.3, -0.25) is 9.69 Å². The molecule has 29 heavy (non-hydrogen) atoms. The van der Waals surface area contributed by atoms with Crippen LogP contribution in [-0.4, -0.2) is 64.5 Å². The van der Waals surface area contributed by atoms with Crippen molar-refractivity contribution in [3.05, 3.63) is 50.2 Å². The fourth-order valence-corrected chi connectivity index (χ4v) is 5.55. The summed E-state index contributed by atoms with van der Waals surface area (Å²) >= 11 is 3.37. The minimum atomic E-state index is -0.00877. The van der Waals surface area contributed by atoms with E-state index in [2.05, 4.69) is 31.7 Å². The molecule has 0 aliphatic carbocycles. The third-order valence-corrected chi connectivity index (χ3v) is 7.52. The molecule has 5 heterocycles. The molecule has 2 aliphatic heterocycles. The van der Waals surface area contributed by atoms with Gasteiger partial charge in [0.15, 0.2) is 11.0 Å². The molecule has 0 atom stereocenters. The number of fused-ring (bicyclic) bond motifs is 1. The molecule has 0 bridgehead atoms. The summed E-state index contributed by atoms with van der Waals surface area (Å²) in [5, 5.41) is 3.12. The van der Waals surface area contributed by atoms with Crippen LogP contribution in [0.5, 0.6) is 0 Å². The van der Waals surface area contributed by atoms with E-state index >= 15 is 0 Å². The summed E-state index contributed by atoms with van der Waals surface area (Å²) in [5.74, 6) is 0.691. The van der Waals surface area contributed by atoms with Gasteiger partial charge in [-0.25, -0.2) is 9.97 Å². The molecule has 9 heteroatoms. The molecule has 0 unspecified atom stereocenters. The van der Waals surface area contributed by atoms with Crippen LogP contribution in [-0.2, 0) is 19.5 Å². The number of thiophene rings is 1. The number of nitrogens with zero attached hydrogens (tertiary/aromatic N) is 5. The van der Waals surface area contributed by atoms with Crippen molar-refractivity contribution in [1.82, 2.24) is 24.8 Å². The third kappa shape index (κ3) is 4.00. The normalized spacial score (nSPS) is 18.2. The van der Waals surface area contributed by atoms with Gasteiger partial charge in [0.2, 0.25) is 0 Å². The highest BCUT2D eigenvalue weighted by Crippen LogP contribution is 2.27. The number of anilines is 1. The van der Waals surface area contributed by atoms with Gasteiger partial charge >= 0.3 is 0 Å². The Morgan fingerprint density at radius 2 is 2.07 bits per heavy atom. The highest BCUT2D eigenvalue weighted by Gasteiger charge is 2.23. The van der Waals surface area contributed by atoms with Crippen LogP contribution in [0, 0.1) is 0 Å². The zero-order chi connectivity index (χ0) is 19.8. The van der Waals surface area contributed by atoms with E-state index in [9.17, 15) is 4.79 Å². The molecular weight excluding hydrogens is 404 g/mol. The van der Waals surface area contributed by atoms with Crippen molar-refractivity contribution in [2.75, 3.05) is 44.7 Å². The summed E-state index contributed by atoms with van der Waals surface area (Å²) in [6.45, 7) is 6.63. The molecule has 3 aromatic rings. The van der Waals surface area contributed by atoms with Gasteiger partial charge in [-0.1, -0.05) is 6.07 Å². The van der Waals surface area contributed by atoms with E-state index in [1.165, 1.54) is 4.88 Å². The van der Waals surface area contributed by atoms with Gasteiger partial charge in [0.25, 0.3) is 5.56 Å². The molecule has 5 rings (SSSR count). The van der Waals surface area contributed by atoms with Crippen molar-refractivity contribution in [3.8, 4) is 10.7 Å². The van der Waals surface area contributed by atoms with Crippen LogP contribution in [0.2, 0.25) is 0 Å². The van der Waals surface area contributed by atoms with Gasteiger partial charge in [-0.05, 0) is 18.5 Å². The number of hydrogen-bond donors (Lipinski definition) is 1. The number of piperazine rings is 1. The van der Waals surface area contributed by atoms with Crippen LogP contribution >= 0.6 is 22.7 Å². The molecule has 7 nitrogen and oxygen atoms in total. The molecule has 3 aromatic heterocycles. The van der Waals surface area contributed by atoms with E-state index in [1.807, 2.05) is 23.7 Å². The number of hydrogen-bond acceptors (Lipinski definition) is 8. The molecule has 2 aliphatic rings. The molecule has 0 aromatic carbocycles. The summed E-state index contributed by atoms with van der Waals surface area (Å²) in [6.07, 6.45) is 2.80. The average molecular weight is 429 g/mol. The van der Waals surface area contributed by atoms with Crippen LogP contribution < -0.4 is 10.5 Å². The van der Waals surface area contributed by atoms with E-state index in [4.69, 9.17) is 4.98 Å². The molecule has 1 saturated heterocycles. The van der Waals surface area contributed by atoms with E-state index in [1.54, 1.807) is 22.7 Å². The third-order valence-electron chi connectivity index (χ3n) is 5.60. The first-order chi connectivity index (χ1) is 14.2. The second kappa shape index (κ2) is 7.98. The fourth-order valence-electron chi connectivity index (χ4n) is 3.88. The van der Waals surface area contributed by atoms with Crippen LogP contribution in [0.3, 0.4) is 0 Å². The summed E-state index contributed by atoms with van der Waals surface area (Å²) in [5.41, 5.74) is 1.74. The number of likely N-dealkylation sites (N-methyl/N-ethyl adjacent to an activating group) is 1. The van der Waals surface area contributed by atoms with Crippen molar-refractivity contribution in [1.29, 1.82) is 0 Å². The highest BCUT2D eigenvalue weighted by atomic mass is 32.1. The first-order valence-electron chi connectivity index (χ1n) is 9.92. The predicted molar refractivity (Wildman–Crippen MR) is 118 cm³/mol. The van der Waals surface area contributed by atoms with Crippen LogP contribution in [0.1, 0.15) is 16.1 Å². The highest BCUT2D eigenvalue weighted by molar-refractivity contribution is 7.15. The van der Waals surface area contributed by atoms with Gasteiger partial charge in [0, 0.05) is 63.3 Å². The van der Waals surface area contributed by atoms with Crippen LogP contribution in [0.25, 0.3) is 10.7 Å². The maximum Gasteiger partial charge on any atom is 0.255 e. The molecule has 0 amide bonds. The molecule has 0 saturated carbocycles. The van der Waals surface area contributed by atoms with Crippen molar-refractivity contribution in [3.63, 3.8) is 0 Å². The smallest absolute Gasteiger partial charge is 0.255 e. The Morgan fingerprint density at radius 3 is 2.86 bits per heavy atom. The van der Waals surface area contributed by atoms with Crippen molar-refractivity contribution in [2.45, 2.75) is 19.5 Å². The topological polar surface area (TPSA) is 68.4 Å². The van der Waals surface area contributed by atoms with E-state index in [0.717, 1.165) is 67.0 Å². The Morgan fingerprint density at radius 1 is 1.21 bits per heavy atom. The summed E-state index contributed by atoms with van der Waals surface area (Å²) in [4.78, 5) is 34.3. The quantitative estimate of drug-likeness (QED) is 0.688. The number of aromatic amines is 1. The van der Waals surface area contributed by atoms with Gasteiger partial charge in [0.05, 0.1) is 16.1 Å². The monoisotopic (exact) mass is 428 g/mol. The van der Waals surface area contributed by atoms with Crippen molar-refractivity contribution in [2.24, 2.45) is 0 Å². The van der Waals surface area contributed by atoms with Gasteiger partial charge in [-0.15, -0.1) is 22.7 Å². The number of rotatable bonds is 4. The molecule has 152 valence electrons. The lowest BCUT2D eigenvalue weighted by Gasteiger charge is -2.32. The molecule has 1 N–H and O–H groups in total. The lowest BCUT2D eigenvalue weighted by Crippen LogP contribution is -2.44. The average Bonchev–Trinajstić information content (AvgIpc) is 3.41. The second-order valence-electron chi connectivity index (χ2n) is 7.68. The maximum absolute atomic E-state index is 12.7. The molecule has 0 spiro atoms. The van der Waals surface area contributed by atoms with E-state index in [-0.39, 0.29) is 5.56 Å². The molecule has 1 fully saturated rings. The minimum Gasteiger partial charge on any atom is -0.346 e.